The molecule has 8 nitrogen and oxygen atoms in total. The second kappa shape index (κ2) is 8.38. The van der Waals surface area contributed by atoms with Crippen LogP contribution in [-0.4, -0.2) is 26.9 Å². The molecule has 0 fully saturated rings. The van der Waals surface area contributed by atoms with Crippen LogP contribution in [0.2, 0.25) is 5.02 Å². The summed E-state index contributed by atoms with van der Waals surface area (Å²) in [5.74, 6) is -2.30. The van der Waals surface area contributed by atoms with E-state index in [1.807, 2.05) is 0 Å². The first kappa shape index (κ1) is 20.7. The van der Waals surface area contributed by atoms with E-state index in [1.54, 1.807) is 25.1 Å². The van der Waals surface area contributed by atoms with Gasteiger partial charge in [-0.1, -0.05) is 41.9 Å². The Morgan fingerprint density at radius 2 is 1.89 bits per heavy atom. The highest BCUT2D eigenvalue weighted by Crippen LogP contribution is 2.30. The third-order valence-corrected chi connectivity index (χ3v) is 5.42. The first-order valence-electron chi connectivity index (χ1n) is 7.61. The Labute approximate surface area is 160 Å². The molecular formula is C17H16ClN2O6S-. The lowest BCUT2D eigenvalue weighted by Gasteiger charge is -2.21. The minimum Gasteiger partial charge on any atom is -0.548 e. The van der Waals surface area contributed by atoms with Crippen LogP contribution < -0.4 is 20.3 Å². The predicted octanol–water partition coefficient (Wildman–Crippen LogP) is 0.282. The van der Waals surface area contributed by atoms with Gasteiger partial charge in [0.25, 0.3) is 5.91 Å². The molecule has 1 amide bonds. The van der Waals surface area contributed by atoms with Crippen molar-refractivity contribution in [2.75, 3.05) is 6.61 Å². The minimum atomic E-state index is -4.36. The smallest absolute Gasteiger partial charge is 0.255 e. The summed E-state index contributed by atoms with van der Waals surface area (Å²) in [6.45, 7) is 1.14. The molecule has 10 heteroatoms. The summed E-state index contributed by atoms with van der Waals surface area (Å²) in [6.07, 6.45) is 0. The van der Waals surface area contributed by atoms with Gasteiger partial charge in [0, 0.05) is 6.07 Å². The van der Waals surface area contributed by atoms with Gasteiger partial charge in [0.2, 0.25) is 10.0 Å². The molecule has 0 bridgehead atoms. The first-order valence-corrected chi connectivity index (χ1v) is 9.47. The van der Waals surface area contributed by atoms with Gasteiger partial charge >= 0.3 is 0 Å². The predicted molar refractivity (Wildman–Crippen MR) is 95.4 cm³/mol. The molecule has 27 heavy (non-hydrogen) atoms. The summed E-state index contributed by atoms with van der Waals surface area (Å²) >= 11 is 6.03. The fourth-order valence-corrected chi connectivity index (χ4v) is 4.03. The van der Waals surface area contributed by atoms with Crippen molar-refractivity contribution in [1.29, 1.82) is 0 Å². The van der Waals surface area contributed by atoms with Gasteiger partial charge in [-0.05, 0) is 24.1 Å². The quantitative estimate of drug-likeness (QED) is 0.639. The maximum Gasteiger partial charge on any atom is 0.255 e. The number of carbonyl (C=O) groups excluding carboxylic acids is 2. The Kier molecular flexibility index (Phi) is 6.42. The maximum atomic E-state index is 12.7. The van der Waals surface area contributed by atoms with Crippen molar-refractivity contribution < 1.29 is 27.9 Å². The second-order valence-electron chi connectivity index (χ2n) is 5.59. The third-order valence-electron chi connectivity index (χ3n) is 3.53. The molecule has 0 radical (unpaired) electrons. The highest BCUT2D eigenvalue weighted by atomic mass is 35.5. The van der Waals surface area contributed by atoms with Crippen LogP contribution in [0.25, 0.3) is 0 Å². The number of rotatable bonds is 8. The Hall–Kier alpha value is -2.62. The lowest BCUT2D eigenvalue weighted by Crippen LogP contribution is -2.41. The van der Waals surface area contributed by atoms with E-state index in [0.717, 1.165) is 6.07 Å². The molecule has 0 aliphatic carbocycles. The average Bonchev–Trinajstić information content (AvgIpc) is 2.59. The van der Waals surface area contributed by atoms with Crippen LogP contribution in [-0.2, 0) is 19.6 Å². The molecule has 3 N–H and O–H groups in total. The number of ether oxygens (including phenoxy) is 1. The normalized spacial score (nSPS) is 12.4. The van der Waals surface area contributed by atoms with Crippen molar-refractivity contribution in [3.63, 3.8) is 0 Å². The summed E-state index contributed by atoms with van der Waals surface area (Å²) in [5, 5.41) is 11.3. The summed E-state index contributed by atoms with van der Waals surface area (Å²) in [7, 11) is -4.36. The Morgan fingerprint density at radius 1 is 1.26 bits per heavy atom. The number of amides is 1. The lowest BCUT2D eigenvalue weighted by molar-refractivity contribution is -0.308. The van der Waals surface area contributed by atoms with Crippen molar-refractivity contribution >= 4 is 33.5 Å². The summed E-state index contributed by atoms with van der Waals surface area (Å²) < 4.78 is 32.6. The monoisotopic (exact) mass is 411 g/mol. The zero-order valence-corrected chi connectivity index (χ0v) is 15.7. The number of nitrogens with one attached hydrogen (secondary N) is 1. The van der Waals surface area contributed by atoms with Crippen LogP contribution in [0.15, 0.2) is 47.4 Å². The van der Waals surface area contributed by atoms with E-state index in [2.05, 4.69) is 4.72 Å². The van der Waals surface area contributed by atoms with Gasteiger partial charge in [0.15, 0.2) is 6.61 Å². The molecule has 2 rings (SSSR count). The topological polar surface area (TPSA) is 139 Å². The molecule has 0 aliphatic rings. The van der Waals surface area contributed by atoms with Crippen LogP contribution in [0.5, 0.6) is 5.75 Å². The standard InChI is InChI=1S/C17H17ClN2O6S/c1-10-7-12(18)14(8-13(10)26-9-15(19)21)27(24,25)20-16(17(22)23)11-5-3-2-4-6-11/h2-8,16,20H,9H2,1H3,(H2,19,21)(H,22,23)/p-1/t16-/m0/s1. The summed E-state index contributed by atoms with van der Waals surface area (Å²) in [6, 6.07) is 8.47. The minimum absolute atomic E-state index is 0.0725. The lowest BCUT2D eigenvalue weighted by atomic mass is 10.1. The van der Waals surface area contributed by atoms with E-state index in [9.17, 15) is 23.1 Å². The van der Waals surface area contributed by atoms with E-state index in [4.69, 9.17) is 22.1 Å². The highest BCUT2D eigenvalue weighted by Gasteiger charge is 2.25. The van der Waals surface area contributed by atoms with Gasteiger partial charge in [0.05, 0.1) is 17.0 Å². The third kappa shape index (κ3) is 5.19. The van der Waals surface area contributed by atoms with Gasteiger partial charge < -0.3 is 20.4 Å². The van der Waals surface area contributed by atoms with Crippen molar-refractivity contribution in [1.82, 2.24) is 4.72 Å². The summed E-state index contributed by atoms with van der Waals surface area (Å²) in [4.78, 5) is 21.9. The van der Waals surface area contributed by atoms with E-state index >= 15 is 0 Å². The van der Waals surface area contributed by atoms with E-state index in [1.165, 1.54) is 18.2 Å². The SMILES string of the molecule is Cc1cc(Cl)c(S(=O)(=O)N[C@H](C(=O)[O-])c2ccccc2)cc1OCC(N)=O. The molecule has 1 atom stereocenters. The molecule has 0 unspecified atom stereocenters. The Morgan fingerprint density at radius 3 is 2.44 bits per heavy atom. The van der Waals surface area contributed by atoms with Crippen LogP contribution in [0.3, 0.4) is 0 Å². The zero-order valence-electron chi connectivity index (χ0n) is 14.1. The molecule has 0 spiro atoms. The number of hydrogen-bond acceptors (Lipinski definition) is 6. The number of carbonyl (C=O) groups is 2. The number of sulfonamides is 1. The average molecular weight is 412 g/mol. The zero-order chi connectivity index (χ0) is 20.2. The van der Waals surface area contributed by atoms with Gasteiger partial charge in [-0.25, -0.2) is 8.42 Å². The van der Waals surface area contributed by atoms with E-state index in [0.29, 0.717) is 5.56 Å². The van der Waals surface area contributed by atoms with Crippen LogP contribution in [0, 0.1) is 6.92 Å². The van der Waals surface area contributed by atoms with Gasteiger partial charge in [-0.2, -0.15) is 4.72 Å². The van der Waals surface area contributed by atoms with Crippen molar-refractivity contribution in [3.8, 4) is 5.75 Å². The van der Waals surface area contributed by atoms with Crippen molar-refractivity contribution in [2.24, 2.45) is 5.73 Å². The van der Waals surface area contributed by atoms with Gasteiger partial charge in [-0.3, -0.25) is 4.79 Å². The molecule has 2 aromatic carbocycles. The number of aliphatic carboxylic acids is 1. The number of benzene rings is 2. The summed E-state index contributed by atoms with van der Waals surface area (Å²) in [5.41, 5.74) is 5.68. The number of nitrogens with two attached hydrogens (primary N) is 1. The Balaban J connectivity index is 2.41. The van der Waals surface area contributed by atoms with Crippen LogP contribution in [0.1, 0.15) is 17.2 Å². The molecule has 0 aromatic heterocycles. The molecule has 2 aromatic rings. The molecule has 0 saturated heterocycles. The number of halogens is 1. The molecule has 0 saturated carbocycles. The van der Waals surface area contributed by atoms with Gasteiger partial charge in [-0.15, -0.1) is 0 Å². The first-order chi connectivity index (χ1) is 12.6. The number of hydrogen-bond donors (Lipinski definition) is 2. The number of carboxylic acids is 1. The molecular weight excluding hydrogens is 396 g/mol. The molecule has 144 valence electrons. The van der Waals surface area contributed by atoms with Crippen molar-refractivity contribution in [3.05, 3.63) is 58.6 Å². The van der Waals surface area contributed by atoms with Crippen molar-refractivity contribution in [2.45, 2.75) is 17.9 Å². The highest BCUT2D eigenvalue weighted by molar-refractivity contribution is 7.89. The van der Waals surface area contributed by atoms with Crippen LogP contribution in [0.4, 0.5) is 0 Å². The molecule has 0 heterocycles. The number of aryl methyl sites for hydroxylation is 1. The largest absolute Gasteiger partial charge is 0.548 e. The fourth-order valence-electron chi connectivity index (χ4n) is 2.26. The number of primary amides is 1. The maximum absolute atomic E-state index is 12.7. The number of carboxylic acid groups (broad SMARTS) is 1. The van der Waals surface area contributed by atoms with Gasteiger partial charge in [0.1, 0.15) is 10.6 Å². The second-order valence-corrected chi connectivity index (χ2v) is 7.68. The van der Waals surface area contributed by atoms with E-state index in [-0.39, 0.29) is 16.3 Å². The van der Waals surface area contributed by atoms with Crippen LogP contribution >= 0.6 is 11.6 Å². The Bertz CT molecular complexity index is 963. The fraction of sp³-hybridized carbons (Fsp3) is 0.176. The van der Waals surface area contributed by atoms with E-state index < -0.39 is 39.4 Å². The molecule has 0 aliphatic heterocycles.